The molecule has 1 heterocycles. The Hall–Kier alpha value is -2.54. The Morgan fingerprint density at radius 3 is 2.72 bits per heavy atom. The molecule has 0 aliphatic carbocycles. The number of carbonyl (C=O) groups excluding carboxylic acids is 1. The Labute approximate surface area is 174 Å². The minimum Gasteiger partial charge on any atom is -0.489 e. The lowest BCUT2D eigenvalue weighted by Gasteiger charge is -2.18. The molecule has 6 nitrogen and oxygen atoms in total. The van der Waals surface area contributed by atoms with Gasteiger partial charge in [-0.2, -0.15) is 0 Å². The minimum absolute atomic E-state index is 0.126. The molecule has 3 aromatic rings. The summed E-state index contributed by atoms with van der Waals surface area (Å²) in [6.07, 6.45) is 2.02. The number of hydrogen-bond acceptors (Lipinski definition) is 5. The average molecular weight is 417 g/mol. The van der Waals surface area contributed by atoms with Gasteiger partial charge in [0.25, 0.3) is 0 Å². The molecule has 2 aromatic carbocycles. The first kappa shape index (κ1) is 21.2. The number of aliphatic hydroxyl groups excluding tert-OH is 1. The molecule has 0 saturated carbocycles. The summed E-state index contributed by atoms with van der Waals surface area (Å²) >= 11 is 6.05. The number of esters is 1. The van der Waals surface area contributed by atoms with Crippen molar-refractivity contribution in [3.63, 3.8) is 0 Å². The number of aliphatic hydroxyl groups is 1. The van der Waals surface area contributed by atoms with Crippen LogP contribution in [0.4, 0.5) is 0 Å². The Morgan fingerprint density at radius 1 is 1.21 bits per heavy atom. The minimum atomic E-state index is -0.660. The molecule has 0 spiro atoms. The van der Waals surface area contributed by atoms with Crippen LogP contribution in [0, 0.1) is 0 Å². The van der Waals surface area contributed by atoms with Crippen molar-refractivity contribution in [1.29, 1.82) is 0 Å². The lowest BCUT2D eigenvalue weighted by molar-refractivity contribution is -0.131. The van der Waals surface area contributed by atoms with E-state index in [1.807, 2.05) is 30.5 Å². The van der Waals surface area contributed by atoms with Gasteiger partial charge in [0.2, 0.25) is 0 Å². The highest BCUT2D eigenvalue weighted by Crippen LogP contribution is 2.28. The number of hydrogen-bond donors (Lipinski definition) is 3. The van der Waals surface area contributed by atoms with Gasteiger partial charge in [-0.05, 0) is 37.1 Å². The number of aromatic nitrogens is 1. The molecule has 2 unspecified atom stereocenters. The quantitative estimate of drug-likeness (QED) is 0.366. The number of H-pyrrole nitrogens is 1. The van der Waals surface area contributed by atoms with Gasteiger partial charge in [-0.3, -0.25) is 4.79 Å². The van der Waals surface area contributed by atoms with E-state index in [2.05, 4.69) is 17.2 Å². The Morgan fingerprint density at radius 2 is 1.97 bits per heavy atom. The normalized spacial score (nSPS) is 13.2. The SMILES string of the molecule is CC(=O)Oc1cccc2c(CC(C)NCC(O)COc3ccccc3Cl)c[nH]c12. The zero-order valence-electron chi connectivity index (χ0n) is 16.4. The van der Waals surface area contributed by atoms with Crippen molar-refractivity contribution in [2.75, 3.05) is 13.2 Å². The van der Waals surface area contributed by atoms with Gasteiger partial charge in [0.05, 0.1) is 10.5 Å². The average Bonchev–Trinajstić information content (AvgIpc) is 3.09. The van der Waals surface area contributed by atoms with Crippen molar-refractivity contribution in [2.45, 2.75) is 32.4 Å². The van der Waals surface area contributed by atoms with Crippen LogP contribution in [0.5, 0.6) is 11.5 Å². The van der Waals surface area contributed by atoms with Crippen LogP contribution in [0.25, 0.3) is 10.9 Å². The van der Waals surface area contributed by atoms with Crippen molar-refractivity contribution in [3.05, 3.63) is 59.2 Å². The lowest BCUT2D eigenvalue weighted by Crippen LogP contribution is -2.37. The van der Waals surface area contributed by atoms with E-state index < -0.39 is 6.10 Å². The Balaban J connectivity index is 1.52. The van der Waals surface area contributed by atoms with E-state index in [0.29, 0.717) is 23.1 Å². The standard InChI is InChI=1S/C22H25ClN2O4/c1-14(24-12-17(27)13-28-20-8-4-3-7-19(20)23)10-16-11-25-22-18(16)6-5-9-21(22)29-15(2)26/h3-9,11,14,17,24-25,27H,10,12-13H2,1-2H3. The Kier molecular flexibility index (Phi) is 7.14. The van der Waals surface area contributed by atoms with E-state index in [1.54, 1.807) is 18.2 Å². The fourth-order valence-corrected chi connectivity index (χ4v) is 3.33. The molecule has 0 bridgehead atoms. The summed E-state index contributed by atoms with van der Waals surface area (Å²) < 4.78 is 10.8. The molecule has 0 fully saturated rings. The third-order valence-corrected chi connectivity index (χ3v) is 4.82. The molecule has 7 heteroatoms. The third kappa shape index (κ3) is 5.73. The van der Waals surface area contributed by atoms with E-state index in [-0.39, 0.29) is 18.6 Å². The number of rotatable bonds is 9. The van der Waals surface area contributed by atoms with Crippen molar-refractivity contribution in [2.24, 2.45) is 0 Å². The van der Waals surface area contributed by atoms with Gasteiger partial charge in [0, 0.05) is 31.1 Å². The summed E-state index contributed by atoms with van der Waals surface area (Å²) in [4.78, 5) is 14.5. The van der Waals surface area contributed by atoms with Crippen LogP contribution in [-0.4, -0.2) is 41.4 Å². The molecule has 154 valence electrons. The topological polar surface area (TPSA) is 83.6 Å². The number of para-hydroxylation sites is 2. The number of halogens is 1. The van der Waals surface area contributed by atoms with E-state index in [9.17, 15) is 9.90 Å². The molecule has 0 amide bonds. The van der Waals surface area contributed by atoms with Crippen molar-refractivity contribution < 1.29 is 19.4 Å². The van der Waals surface area contributed by atoms with Crippen molar-refractivity contribution in [1.82, 2.24) is 10.3 Å². The predicted molar refractivity (Wildman–Crippen MR) is 114 cm³/mol. The van der Waals surface area contributed by atoms with Crippen molar-refractivity contribution >= 4 is 28.5 Å². The van der Waals surface area contributed by atoms with Crippen LogP contribution in [0.15, 0.2) is 48.7 Å². The van der Waals surface area contributed by atoms with Gasteiger partial charge in [-0.25, -0.2) is 0 Å². The second-order valence-electron chi connectivity index (χ2n) is 6.99. The van der Waals surface area contributed by atoms with E-state index in [1.165, 1.54) is 6.92 Å². The summed E-state index contributed by atoms with van der Waals surface area (Å²) in [5.74, 6) is 0.731. The molecular formula is C22H25ClN2O4. The smallest absolute Gasteiger partial charge is 0.308 e. The van der Waals surface area contributed by atoms with E-state index >= 15 is 0 Å². The summed E-state index contributed by atoms with van der Waals surface area (Å²) in [7, 11) is 0. The first-order valence-corrected chi connectivity index (χ1v) is 9.88. The second-order valence-corrected chi connectivity index (χ2v) is 7.40. The lowest BCUT2D eigenvalue weighted by atomic mass is 10.1. The van der Waals surface area contributed by atoms with E-state index in [4.69, 9.17) is 21.1 Å². The van der Waals surface area contributed by atoms with Gasteiger partial charge in [-0.1, -0.05) is 35.9 Å². The van der Waals surface area contributed by atoms with Crippen LogP contribution >= 0.6 is 11.6 Å². The maximum atomic E-state index is 11.3. The van der Waals surface area contributed by atoms with Gasteiger partial charge in [0.1, 0.15) is 18.5 Å². The molecule has 3 rings (SSSR count). The summed E-state index contributed by atoms with van der Waals surface area (Å²) in [6, 6.07) is 12.9. The monoisotopic (exact) mass is 416 g/mol. The second kappa shape index (κ2) is 9.78. The molecule has 2 atom stereocenters. The first-order valence-electron chi connectivity index (χ1n) is 9.50. The fraction of sp³-hybridized carbons (Fsp3) is 0.318. The van der Waals surface area contributed by atoms with Crippen molar-refractivity contribution in [3.8, 4) is 11.5 Å². The number of fused-ring (bicyclic) bond motifs is 1. The number of ether oxygens (including phenoxy) is 2. The van der Waals surface area contributed by atoms with E-state index in [0.717, 1.165) is 22.9 Å². The largest absolute Gasteiger partial charge is 0.489 e. The fourth-order valence-electron chi connectivity index (χ4n) is 3.14. The van der Waals surface area contributed by atoms with Crippen LogP contribution in [0.2, 0.25) is 5.02 Å². The molecule has 1 aromatic heterocycles. The Bertz CT molecular complexity index is 972. The van der Waals surface area contributed by atoms with Crippen LogP contribution < -0.4 is 14.8 Å². The number of nitrogens with one attached hydrogen (secondary N) is 2. The molecule has 3 N–H and O–H groups in total. The molecule has 0 aliphatic rings. The predicted octanol–water partition coefficient (Wildman–Crippen LogP) is 3.71. The summed E-state index contributed by atoms with van der Waals surface area (Å²) in [5.41, 5.74) is 1.91. The first-order chi connectivity index (χ1) is 13.9. The number of benzene rings is 2. The molecule has 0 radical (unpaired) electrons. The molecule has 0 saturated heterocycles. The third-order valence-electron chi connectivity index (χ3n) is 4.51. The highest BCUT2D eigenvalue weighted by molar-refractivity contribution is 6.32. The molecule has 0 aliphatic heterocycles. The van der Waals surface area contributed by atoms with Gasteiger partial charge >= 0.3 is 5.97 Å². The zero-order chi connectivity index (χ0) is 20.8. The molecular weight excluding hydrogens is 392 g/mol. The van der Waals surface area contributed by atoms with Gasteiger partial charge in [0.15, 0.2) is 5.75 Å². The number of aromatic amines is 1. The molecule has 29 heavy (non-hydrogen) atoms. The highest BCUT2D eigenvalue weighted by atomic mass is 35.5. The maximum absolute atomic E-state index is 11.3. The summed E-state index contributed by atoms with van der Waals surface area (Å²) in [5, 5.41) is 15.0. The van der Waals surface area contributed by atoms with Crippen LogP contribution in [-0.2, 0) is 11.2 Å². The number of carbonyl (C=O) groups is 1. The summed E-state index contributed by atoms with van der Waals surface area (Å²) in [6.45, 7) is 3.99. The van der Waals surface area contributed by atoms with Gasteiger partial charge in [-0.15, -0.1) is 0 Å². The van der Waals surface area contributed by atoms with Crippen LogP contribution in [0.1, 0.15) is 19.4 Å². The maximum Gasteiger partial charge on any atom is 0.308 e. The highest BCUT2D eigenvalue weighted by Gasteiger charge is 2.14. The van der Waals surface area contributed by atoms with Gasteiger partial charge < -0.3 is 24.9 Å². The van der Waals surface area contributed by atoms with Crippen LogP contribution in [0.3, 0.4) is 0 Å². The zero-order valence-corrected chi connectivity index (χ0v) is 17.2.